The Hall–Kier alpha value is -1.94. The average Bonchev–Trinajstić information content (AvgIpc) is 2.83. The first kappa shape index (κ1) is 13.1. The number of hydrogen-bond donors (Lipinski definition) is 1. The van der Waals surface area contributed by atoms with Crippen molar-refractivity contribution in [1.82, 2.24) is 4.98 Å². The van der Waals surface area contributed by atoms with Crippen LogP contribution in [-0.4, -0.2) is 4.98 Å². The molecule has 1 heterocycles. The van der Waals surface area contributed by atoms with Crippen LogP contribution in [0.2, 0.25) is 0 Å². The van der Waals surface area contributed by atoms with Crippen LogP contribution >= 0.6 is 11.3 Å². The quantitative estimate of drug-likeness (QED) is 0.712. The van der Waals surface area contributed by atoms with Gasteiger partial charge >= 0.3 is 0 Å². The van der Waals surface area contributed by atoms with Gasteiger partial charge in [-0.05, 0) is 43.7 Å². The van der Waals surface area contributed by atoms with Gasteiger partial charge < -0.3 is 5.73 Å². The van der Waals surface area contributed by atoms with Crippen LogP contribution in [0, 0.1) is 5.82 Å². The zero-order valence-corrected chi connectivity index (χ0v) is 12.2. The Balaban J connectivity index is 2.10. The molecular formula is C16H15FN2S. The summed E-state index contributed by atoms with van der Waals surface area (Å²) in [7, 11) is 0. The molecule has 1 aromatic heterocycles. The molecule has 0 saturated heterocycles. The smallest absolute Gasteiger partial charge is 0.125 e. The zero-order valence-electron chi connectivity index (χ0n) is 11.4. The van der Waals surface area contributed by atoms with Gasteiger partial charge in [0.15, 0.2) is 0 Å². The Morgan fingerprint density at radius 3 is 2.50 bits per heavy atom. The second kappa shape index (κ2) is 4.56. The highest BCUT2D eigenvalue weighted by Gasteiger charge is 2.27. The fourth-order valence-corrected chi connectivity index (χ4v) is 3.26. The maximum absolute atomic E-state index is 13.3. The molecule has 2 nitrogen and oxygen atoms in total. The molecule has 0 aliphatic heterocycles. The van der Waals surface area contributed by atoms with Crippen molar-refractivity contribution in [1.29, 1.82) is 0 Å². The third kappa shape index (κ3) is 2.16. The first-order valence-corrected chi connectivity index (χ1v) is 7.21. The summed E-state index contributed by atoms with van der Waals surface area (Å²) < 4.78 is 14.3. The second-order valence-electron chi connectivity index (χ2n) is 5.38. The van der Waals surface area contributed by atoms with Gasteiger partial charge in [0.25, 0.3) is 0 Å². The van der Waals surface area contributed by atoms with Gasteiger partial charge in [-0.3, -0.25) is 0 Å². The number of hydrogen-bond acceptors (Lipinski definition) is 3. The van der Waals surface area contributed by atoms with Crippen molar-refractivity contribution >= 4 is 27.2 Å². The SMILES string of the molecule is CC(C)(c1ccc(N)cc1)c1nc2cc(F)ccc2s1. The molecule has 3 rings (SSSR count). The van der Waals surface area contributed by atoms with Gasteiger partial charge in [-0.25, -0.2) is 9.37 Å². The normalized spacial score (nSPS) is 11.9. The second-order valence-corrected chi connectivity index (χ2v) is 6.41. The van der Waals surface area contributed by atoms with E-state index >= 15 is 0 Å². The lowest BCUT2D eigenvalue weighted by Gasteiger charge is -2.22. The average molecular weight is 286 g/mol. The van der Waals surface area contributed by atoms with Crippen LogP contribution in [-0.2, 0) is 5.41 Å². The van der Waals surface area contributed by atoms with Crippen molar-refractivity contribution in [3.8, 4) is 0 Å². The van der Waals surface area contributed by atoms with Crippen molar-refractivity contribution in [3.05, 3.63) is 58.9 Å². The third-order valence-corrected chi connectivity index (χ3v) is 4.88. The minimum Gasteiger partial charge on any atom is -0.399 e. The number of nitrogen functional groups attached to an aromatic ring is 1. The van der Waals surface area contributed by atoms with Crippen LogP contribution in [0.1, 0.15) is 24.4 Å². The molecule has 0 aliphatic carbocycles. The van der Waals surface area contributed by atoms with Crippen LogP contribution in [0.25, 0.3) is 10.2 Å². The standard InChI is InChI=1S/C16H15FN2S/c1-16(2,10-3-6-12(18)7-4-10)15-19-13-9-11(17)5-8-14(13)20-15/h3-9H,18H2,1-2H3. The van der Waals surface area contributed by atoms with Gasteiger partial charge in [0, 0.05) is 17.2 Å². The molecule has 2 N–H and O–H groups in total. The number of benzene rings is 2. The maximum atomic E-state index is 13.3. The fraction of sp³-hybridized carbons (Fsp3) is 0.188. The van der Waals surface area contributed by atoms with Crippen LogP contribution in [0.4, 0.5) is 10.1 Å². The number of thiazole rings is 1. The number of rotatable bonds is 2. The molecule has 0 aliphatic rings. The van der Waals surface area contributed by atoms with Gasteiger partial charge in [-0.2, -0.15) is 0 Å². The van der Waals surface area contributed by atoms with Crippen molar-refractivity contribution < 1.29 is 4.39 Å². The summed E-state index contributed by atoms with van der Waals surface area (Å²) in [6, 6.07) is 12.6. The van der Waals surface area contributed by atoms with Crippen molar-refractivity contribution in [3.63, 3.8) is 0 Å². The summed E-state index contributed by atoms with van der Waals surface area (Å²) in [5.74, 6) is -0.250. The predicted molar refractivity (Wildman–Crippen MR) is 82.6 cm³/mol. The summed E-state index contributed by atoms with van der Waals surface area (Å²) >= 11 is 1.60. The number of nitrogens with zero attached hydrogens (tertiary/aromatic N) is 1. The van der Waals surface area contributed by atoms with E-state index in [-0.39, 0.29) is 11.2 Å². The molecular weight excluding hydrogens is 271 g/mol. The lowest BCUT2D eigenvalue weighted by molar-refractivity contribution is 0.627. The van der Waals surface area contributed by atoms with E-state index in [0.717, 1.165) is 21.0 Å². The van der Waals surface area contributed by atoms with Crippen LogP contribution in [0.5, 0.6) is 0 Å². The van der Waals surface area contributed by atoms with E-state index in [1.165, 1.54) is 12.1 Å². The van der Waals surface area contributed by atoms with E-state index in [2.05, 4.69) is 18.8 Å². The molecule has 0 unspecified atom stereocenters. The van der Waals surface area contributed by atoms with Crippen LogP contribution < -0.4 is 5.73 Å². The lowest BCUT2D eigenvalue weighted by atomic mass is 9.85. The summed E-state index contributed by atoms with van der Waals surface area (Å²) in [4.78, 5) is 4.59. The number of halogens is 1. The van der Waals surface area contributed by atoms with Crippen molar-refractivity contribution in [2.24, 2.45) is 0 Å². The highest BCUT2D eigenvalue weighted by molar-refractivity contribution is 7.18. The molecule has 0 fully saturated rings. The Morgan fingerprint density at radius 2 is 1.80 bits per heavy atom. The molecule has 0 amide bonds. The third-order valence-electron chi connectivity index (χ3n) is 3.52. The van der Waals surface area contributed by atoms with Gasteiger partial charge in [0.2, 0.25) is 0 Å². The Morgan fingerprint density at radius 1 is 1.10 bits per heavy atom. The molecule has 4 heteroatoms. The molecule has 0 bridgehead atoms. The summed E-state index contributed by atoms with van der Waals surface area (Å²) in [6.45, 7) is 4.24. The van der Waals surface area contributed by atoms with E-state index in [9.17, 15) is 4.39 Å². The van der Waals surface area contributed by atoms with Crippen LogP contribution in [0.3, 0.4) is 0 Å². The van der Waals surface area contributed by atoms with Gasteiger partial charge in [-0.1, -0.05) is 12.1 Å². The van der Waals surface area contributed by atoms with E-state index in [1.54, 1.807) is 17.4 Å². The number of nitrogens with two attached hydrogens (primary N) is 1. The topological polar surface area (TPSA) is 38.9 Å². The highest BCUT2D eigenvalue weighted by atomic mass is 32.1. The lowest BCUT2D eigenvalue weighted by Crippen LogP contribution is -2.18. The largest absolute Gasteiger partial charge is 0.399 e. The molecule has 0 atom stereocenters. The molecule has 2 aromatic carbocycles. The zero-order chi connectivity index (χ0) is 14.3. The highest BCUT2D eigenvalue weighted by Crippen LogP contribution is 2.36. The molecule has 0 radical (unpaired) electrons. The summed E-state index contributed by atoms with van der Waals surface area (Å²) in [6.07, 6.45) is 0. The minimum absolute atomic E-state index is 0.228. The predicted octanol–water partition coefficient (Wildman–Crippen LogP) is 4.34. The minimum atomic E-state index is -0.250. The Bertz CT molecular complexity index is 760. The van der Waals surface area contributed by atoms with Crippen LogP contribution in [0.15, 0.2) is 42.5 Å². The molecule has 3 aromatic rings. The Kier molecular flexibility index (Phi) is 2.98. The maximum Gasteiger partial charge on any atom is 0.125 e. The number of fused-ring (bicyclic) bond motifs is 1. The van der Waals surface area contributed by atoms with Crippen molar-refractivity contribution in [2.75, 3.05) is 5.73 Å². The van der Waals surface area contributed by atoms with Crippen molar-refractivity contribution in [2.45, 2.75) is 19.3 Å². The summed E-state index contributed by atoms with van der Waals surface area (Å²) in [5, 5.41) is 0.975. The molecule has 0 saturated carbocycles. The monoisotopic (exact) mass is 286 g/mol. The van der Waals surface area contributed by atoms with E-state index in [4.69, 9.17) is 5.73 Å². The molecule has 0 spiro atoms. The van der Waals surface area contributed by atoms with Gasteiger partial charge in [0.1, 0.15) is 10.8 Å². The first-order valence-electron chi connectivity index (χ1n) is 6.39. The fourth-order valence-electron chi connectivity index (χ4n) is 2.19. The van der Waals surface area contributed by atoms with E-state index < -0.39 is 0 Å². The van der Waals surface area contributed by atoms with Gasteiger partial charge in [-0.15, -0.1) is 11.3 Å². The number of anilines is 1. The molecule has 20 heavy (non-hydrogen) atoms. The number of aromatic nitrogens is 1. The summed E-state index contributed by atoms with van der Waals surface area (Å²) in [5.41, 5.74) is 8.11. The first-order chi connectivity index (χ1) is 9.46. The van der Waals surface area contributed by atoms with E-state index in [1.807, 2.05) is 24.3 Å². The van der Waals surface area contributed by atoms with Gasteiger partial charge in [0.05, 0.1) is 10.2 Å². The Labute approximate surface area is 121 Å². The van der Waals surface area contributed by atoms with E-state index in [0.29, 0.717) is 5.52 Å². The molecule has 102 valence electrons.